The number of rotatable bonds is 3. The Hall–Kier alpha value is -1.62. The molecule has 0 saturated carbocycles. The van der Waals surface area contributed by atoms with Crippen LogP contribution in [0.2, 0.25) is 0 Å². The lowest BCUT2D eigenvalue weighted by Gasteiger charge is -2.31. The highest BCUT2D eigenvalue weighted by molar-refractivity contribution is 6.18. The molecule has 6 heteroatoms. The van der Waals surface area contributed by atoms with Crippen LogP contribution >= 0.6 is 11.6 Å². The summed E-state index contributed by atoms with van der Waals surface area (Å²) >= 11 is 5.83. The lowest BCUT2D eigenvalue weighted by Crippen LogP contribution is -2.40. The Morgan fingerprint density at radius 2 is 2.21 bits per heavy atom. The molecule has 1 atom stereocenters. The maximum absolute atomic E-state index is 12.4. The summed E-state index contributed by atoms with van der Waals surface area (Å²) in [5.41, 5.74) is 0.0169. The molecule has 1 unspecified atom stereocenters. The number of carbonyl (C=O) groups excluding carboxylic acids is 1. The molecule has 1 aromatic rings. The molecule has 0 aliphatic carbocycles. The Bertz CT molecular complexity index is 493. The van der Waals surface area contributed by atoms with Gasteiger partial charge in [0.1, 0.15) is 5.56 Å². The molecule has 5 nitrogen and oxygen atoms in total. The molecule has 0 aromatic heterocycles. The van der Waals surface area contributed by atoms with E-state index in [4.69, 9.17) is 11.6 Å². The van der Waals surface area contributed by atoms with Crippen molar-refractivity contribution in [2.24, 2.45) is 5.92 Å². The summed E-state index contributed by atoms with van der Waals surface area (Å²) in [6.45, 7) is 1.21. The number of carbonyl (C=O) groups is 1. The van der Waals surface area contributed by atoms with E-state index in [1.54, 1.807) is 17.0 Å². The van der Waals surface area contributed by atoms with Crippen molar-refractivity contribution in [3.8, 4) is 0 Å². The average molecular weight is 283 g/mol. The monoisotopic (exact) mass is 282 g/mol. The van der Waals surface area contributed by atoms with E-state index in [1.165, 1.54) is 12.1 Å². The first-order valence-corrected chi connectivity index (χ1v) is 6.75. The van der Waals surface area contributed by atoms with Crippen LogP contribution in [0.25, 0.3) is 0 Å². The van der Waals surface area contributed by atoms with E-state index in [0.717, 1.165) is 12.8 Å². The van der Waals surface area contributed by atoms with Crippen LogP contribution in [0, 0.1) is 16.0 Å². The van der Waals surface area contributed by atoms with Crippen molar-refractivity contribution in [2.45, 2.75) is 12.8 Å². The van der Waals surface area contributed by atoms with Gasteiger partial charge in [-0.25, -0.2) is 0 Å². The standard InChI is InChI=1S/C13H15ClN2O3/c14-8-10-4-3-7-15(9-10)13(17)11-5-1-2-6-12(11)16(18)19/h1-2,5-6,10H,3-4,7-9H2. The number of nitrogens with zero attached hydrogens (tertiary/aromatic N) is 2. The van der Waals surface area contributed by atoms with E-state index < -0.39 is 4.92 Å². The van der Waals surface area contributed by atoms with Gasteiger partial charge in [-0.3, -0.25) is 14.9 Å². The fourth-order valence-electron chi connectivity index (χ4n) is 2.36. The van der Waals surface area contributed by atoms with Crippen molar-refractivity contribution in [3.05, 3.63) is 39.9 Å². The van der Waals surface area contributed by atoms with Gasteiger partial charge in [0.25, 0.3) is 11.6 Å². The maximum atomic E-state index is 12.4. The minimum absolute atomic E-state index is 0.138. The number of benzene rings is 1. The maximum Gasteiger partial charge on any atom is 0.282 e. The summed E-state index contributed by atoms with van der Waals surface area (Å²) < 4.78 is 0. The average Bonchev–Trinajstić information content (AvgIpc) is 2.46. The van der Waals surface area contributed by atoms with E-state index in [0.29, 0.717) is 19.0 Å². The molecular formula is C13H15ClN2O3. The van der Waals surface area contributed by atoms with Gasteiger partial charge >= 0.3 is 0 Å². The minimum atomic E-state index is -0.518. The number of nitro groups is 1. The van der Waals surface area contributed by atoms with E-state index in [2.05, 4.69) is 0 Å². The molecule has 1 heterocycles. The Balaban J connectivity index is 2.22. The van der Waals surface area contributed by atoms with Gasteiger partial charge in [-0.15, -0.1) is 11.6 Å². The number of halogens is 1. The third-order valence-corrected chi connectivity index (χ3v) is 3.79. The number of likely N-dealkylation sites (tertiary alicyclic amines) is 1. The summed E-state index contributed by atoms with van der Waals surface area (Å²) in [6.07, 6.45) is 1.90. The Morgan fingerprint density at radius 3 is 2.89 bits per heavy atom. The highest BCUT2D eigenvalue weighted by atomic mass is 35.5. The van der Waals surface area contributed by atoms with Crippen molar-refractivity contribution in [3.63, 3.8) is 0 Å². The zero-order valence-corrected chi connectivity index (χ0v) is 11.2. The van der Waals surface area contributed by atoms with Gasteiger partial charge in [0.2, 0.25) is 0 Å². The van der Waals surface area contributed by atoms with Gasteiger partial charge in [-0.2, -0.15) is 0 Å². The molecule has 2 rings (SSSR count). The van der Waals surface area contributed by atoms with Crippen LogP contribution in [0.3, 0.4) is 0 Å². The highest BCUT2D eigenvalue weighted by Crippen LogP contribution is 2.23. The van der Waals surface area contributed by atoms with Crippen molar-refractivity contribution >= 4 is 23.2 Å². The Morgan fingerprint density at radius 1 is 1.47 bits per heavy atom. The molecule has 1 aliphatic rings. The number of para-hydroxylation sites is 1. The van der Waals surface area contributed by atoms with Crippen LogP contribution < -0.4 is 0 Å². The van der Waals surface area contributed by atoms with Crippen LogP contribution in [0.5, 0.6) is 0 Å². The molecule has 19 heavy (non-hydrogen) atoms. The van der Waals surface area contributed by atoms with E-state index in [-0.39, 0.29) is 23.1 Å². The lowest BCUT2D eigenvalue weighted by atomic mass is 9.99. The molecular weight excluding hydrogens is 268 g/mol. The van der Waals surface area contributed by atoms with Gasteiger partial charge in [0.05, 0.1) is 4.92 Å². The first kappa shape index (κ1) is 13.8. The molecule has 0 bridgehead atoms. The topological polar surface area (TPSA) is 63.4 Å². The van der Waals surface area contributed by atoms with Gasteiger partial charge in [-0.05, 0) is 24.8 Å². The second-order valence-electron chi connectivity index (χ2n) is 4.69. The quantitative estimate of drug-likeness (QED) is 0.486. The van der Waals surface area contributed by atoms with Gasteiger partial charge in [0, 0.05) is 25.0 Å². The first-order valence-electron chi connectivity index (χ1n) is 6.22. The number of amides is 1. The van der Waals surface area contributed by atoms with Crippen LogP contribution in [0.15, 0.2) is 24.3 Å². The number of hydrogen-bond acceptors (Lipinski definition) is 3. The number of hydrogen-bond donors (Lipinski definition) is 0. The molecule has 102 valence electrons. The molecule has 1 saturated heterocycles. The molecule has 1 aliphatic heterocycles. The van der Waals surface area contributed by atoms with Crippen molar-refractivity contribution in [1.82, 2.24) is 4.90 Å². The van der Waals surface area contributed by atoms with Crippen molar-refractivity contribution < 1.29 is 9.72 Å². The van der Waals surface area contributed by atoms with Gasteiger partial charge in [0.15, 0.2) is 0 Å². The fourth-order valence-corrected chi connectivity index (χ4v) is 2.61. The zero-order valence-electron chi connectivity index (χ0n) is 10.4. The van der Waals surface area contributed by atoms with E-state index >= 15 is 0 Å². The minimum Gasteiger partial charge on any atom is -0.338 e. The molecule has 1 aromatic carbocycles. The first-order chi connectivity index (χ1) is 9.13. The third kappa shape index (κ3) is 3.04. The zero-order chi connectivity index (χ0) is 13.8. The second-order valence-corrected chi connectivity index (χ2v) is 5.00. The Labute approximate surface area is 116 Å². The number of alkyl halides is 1. The summed E-state index contributed by atoms with van der Waals surface area (Å²) in [7, 11) is 0. The number of piperidine rings is 1. The van der Waals surface area contributed by atoms with Crippen LogP contribution in [-0.2, 0) is 0 Å². The van der Waals surface area contributed by atoms with Gasteiger partial charge in [-0.1, -0.05) is 12.1 Å². The number of nitro benzene ring substituents is 1. The third-order valence-electron chi connectivity index (χ3n) is 3.36. The summed E-state index contributed by atoms with van der Waals surface area (Å²) in [5.74, 6) is 0.518. The predicted molar refractivity (Wildman–Crippen MR) is 72.4 cm³/mol. The highest BCUT2D eigenvalue weighted by Gasteiger charge is 2.28. The molecule has 0 spiro atoms. The molecule has 1 fully saturated rings. The predicted octanol–water partition coefficient (Wildman–Crippen LogP) is 2.69. The normalized spacial score (nSPS) is 19.2. The second kappa shape index (κ2) is 6.02. The summed E-state index contributed by atoms with van der Waals surface area (Å²) in [6, 6.07) is 6.07. The van der Waals surface area contributed by atoms with E-state index in [1.807, 2.05) is 0 Å². The van der Waals surface area contributed by atoms with Crippen LogP contribution in [-0.4, -0.2) is 34.7 Å². The van der Waals surface area contributed by atoms with Crippen molar-refractivity contribution in [1.29, 1.82) is 0 Å². The molecule has 0 N–H and O–H groups in total. The van der Waals surface area contributed by atoms with Gasteiger partial charge < -0.3 is 4.90 Å². The van der Waals surface area contributed by atoms with Crippen molar-refractivity contribution in [2.75, 3.05) is 19.0 Å². The largest absolute Gasteiger partial charge is 0.338 e. The van der Waals surface area contributed by atoms with E-state index in [9.17, 15) is 14.9 Å². The summed E-state index contributed by atoms with van der Waals surface area (Å²) in [4.78, 5) is 24.5. The van der Waals surface area contributed by atoms with Crippen LogP contribution in [0.4, 0.5) is 5.69 Å². The Kier molecular flexibility index (Phi) is 4.37. The molecule has 1 amide bonds. The summed E-state index contributed by atoms with van der Waals surface area (Å²) in [5, 5.41) is 10.9. The lowest BCUT2D eigenvalue weighted by molar-refractivity contribution is -0.385. The smallest absolute Gasteiger partial charge is 0.282 e. The molecule has 0 radical (unpaired) electrons. The fraction of sp³-hybridized carbons (Fsp3) is 0.462. The SMILES string of the molecule is O=C(c1ccccc1[N+](=O)[O-])N1CCCC(CCl)C1. The van der Waals surface area contributed by atoms with Crippen LogP contribution in [0.1, 0.15) is 23.2 Å².